The number of hydrogen-bond acceptors (Lipinski definition) is 5. The molecule has 0 aliphatic rings. The second-order valence-electron chi connectivity index (χ2n) is 8.09. The molecule has 0 saturated heterocycles. The van der Waals surface area contributed by atoms with Gasteiger partial charge in [-0.1, -0.05) is 60.7 Å². The Hall–Kier alpha value is -4.00. The molecule has 1 unspecified atom stereocenters. The lowest BCUT2D eigenvalue weighted by molar-refractivity contribution is -0.129. The highest BCUT2D eigenvalue weighted by Crippen LogP contribution is 2.27. The van der Waals surface area contributed by atoms with Gasteiger partial charge in [0.2, 0.25) is 0 Å². The molecule has 4 rings (SSSR count). The highest BCUT2D eigenvalue weighted by Gasteiger charge is 2.23. The number of rotatable bonds is 7. The summed E-state index contributed by atoms with van der Waals surface area (Å²) < 4.78 is 7.31. The fourth-order valence-corrected chi connectivity index (χ4v) is 3.53. The number of amides is 1. The molecule has 0 fully saturated rings. The van der Waals surface area contributed by atoms with E-state index in [1.165, 1.54) is 0 Å². The van der Waals surface area contributed by atoms with Crippen LogP contribution in [0.15, 0.2) is 72.9 Å². The first-order valence-corrected chi connectivity index (χ1v) is 10.9. The van der Waals surface area contributed by atoms with E-state index in [4.69, 9.17) is 9.72 Å². The van der Waals surface area contributed by atoms with Crippen molar-refractivity contribution in [2.75, 3.05) is 0 Å². The number of esters is 1. The zero-order chi connectivity index (χ0) is 23.4. The van der Waals surface area contributed by atoms with E-state index in [0.717, 1.165) is 11.1 Å². The van der Waals surface area contributed by atoms with Gasteiger partial charge in [0.1, 0.15) is 0 Å². The first kappa shape index (κ1) is 22.2. The van der Waals surface area contributed by atoms with Crippen molar-refractivity contribution >= 4 is 22.9 Å². The lowest BCUT2D eigenvalue weighted by atomic mass is 10.1. The Morgan fingerprint density at radius 3 is 2.33 bits per heavy atom. The van der Waals surface area contributed by atoms with Gasteiger partial charge in [-0.2, -0.15) is 5.10 Å². The normalized spacial score (nSPS) is 12.0. The van der Waals surface area contributed by atoms with E-state index in [2.05, 4.69) is 10.4 Å². The number of ether oxygens (including phenoxy) is 1. The maximum atomic E-state index is 13.1. The number of benzene rings is 2. The number of nitrogens with zero attached hydrogens (tertiary/aromatic N) is 3. The molecule has 0 radical (unpaired) electrons. The first-order chi connectivity index (χ1) is 15.9. The molecule has 0 aliphatic heterocycles. The van der Waals surface area contributed by atoms with E-state index in [9.17, 15) is 9.59 Å². The van der Waals surface area contributed by atoms with Crippen LogP contribution in [-0.2, 0) is 16.1 Å². The van der Waals surface area contributed by atoms with Crippen LogP contribution >= 0.6 is 0 Å². The summed E-state index contributed by atoms with van der Waals surface area (Å²) in [6.07, 6.45) is 0.665. The van der Waals surface area contributed by atoms with E-state index >= 15 is 0 Å². The first-order valence-electron chi connectivity index (χ1n) is 10.9. The molecule has 0 bridgehead atoms. The van der Waals surface area contributed by atoms with Crippen molar-refractivity contribution in [1.29, 1.82) is 0 Å². The van der Waals surface area contributed by atoms with Crippen LogP contribution in [0.1, 0.15) is 42.7 Å². The Morgan fingerprint density at radius 1 is 1.00 bits per heavy atom. The van der Waals surface area contributed by atoms with Gasteiger partial charge in [-0.05, 0) is 32.4 Å². The Balaban J connectivity index is 1.59. The summed E-state index contributed by atoms with van der Waals surface area (Å²) in [6, 6.07) is 20.9. The molecule has 1 atom stereocenters. The molecule has 0 aliphatic carbocycles. The van der Waals surface area contributed by atoms with Gasteiger partial charge in [0.15, 0.2) is 11.8 Å². The van der Waals surface area contributed by atoms with Gasteiger partial charge in [-0.3, -0.25) is 4.79 Å². The van der Waals surface area contributed by atoms with Crippen LogP contribution in [0.25, 0.3) is 22.3 Å². The van der Waals surface area contributed by atoms with Gasteiger partial charge in [-0.25, -0.2) is 14.5 Å². The van der Waals surface area contributed by atoms with Crippen LogP contribution < -0.4 is 5.32 Å². The fraction of sp³-hybridized carbons (Fsp3) is 0.231. The van der Waals surface area contributed by atoms with Crippen LogP contribution in [0.5, 0.6) is 0 Å². The lowest BCUT2D eigenvalue weighted by Gasteiger charge is -2.15. The SMILES string of the molecule is CC(OC(=O)c1cc(-c2ccccc2)nc2c1cnn2C(C)C)C(=O)NCc1ccccc1. The number of carbonyl (C=O) groups is 2. The third-order valence-electron chi connectivity index (χ3n) is 5.31. The highest BCUT2D eigenvalue weighted by atomic mass is 16.5. The van der Waals surface area contributed by atoms with Gasteiger partial charge in [0.05, 0.1) is 22.8 Å². The smallest absolute Gasteiger partial charge is 0.339 e. The summed E-state index contributed by atoms with van der Waals surface area (Å²) in [7, 11) is 0. The topological polar surface area (TPSA) is 86.1 Å². The predicted octanol–water partition coefficient (Wildman–Crippen LogP) is 4.54. The Labute approximate surface area is 192 Å². The minimum Gasteiger partial charge on any atom is -0.449 e. The average Bonchev–Trinajstić information content (AvgIpc) is 3.27. The van der Waals surface area contributed by atoms with Crippen molar-refractivity contribution < 1.29 is 14.3 Å². The Morgan fingerprint density at radius 2 is 1.67 bits per heavy atom. The van der Waals surface area contributed by atoms with Crippen molar-refractivity contribution in [3.8, 4) is 11.3 Å². The molecule has 0 saturated carbocycles. The number of fused-ring (bicyclic) bond motifs is 1. The van der Waals surface area contributed by atoms with Crippen molar-refractivity contribution in [1.82, 2.24) is 20.1 Å². The molecule has 4 aromatic rings. The largest absolute Gasteiger partial charge is 0.449 e. The number of hydrogen-bond donors (Lipinski definition) is 1. The van der Waals surface area contributed by atoms with Gasteiger partial charge < -0.3 is 10.1 Å². The average molecular weight is 443 g/mol. The van der Waals surface area contributed by atoms with Gasteiger partial charge in [-0.15, -0.1) is 0 Å². The molecule has 0 spiro atoms. The number of pyridine rings is 1. The van der Waals surface area contributed by atoms with Crippen LogP contribution in [-0.4, -0.2) is 32.7 Å². The van der Waals surface area contributed by atoms with Crippen LogP contribution in [0, 0.1) is 0 Å². The van der Waals surface area contributed by atoms with E-state index in [1.54, 1.807) is 23.9 Å². The standard InChI is InChI=1S/C26H26N4O3/c1-17(2)30-24-22(16-28-30)21(14-23(29-24)20-12-8-5-9-13-20)26(32)33-18(3)25(31)27-15-19-10-6-4-7-11-19/h4-14,16-18H,15H2,1-3H3,(H,27,31). The third-order valence-corrected chi connectivity index (χ3v) is 5.31. The summed E-state index contributed by atoms with van der Waals surface area (Å²) in [6.45, 7) is 5.92. The van der Waals surface area contributed by atoms with Crippen LogP contribution in [0.2, 0.25) is 0 Å². The monoisotopic (exact) mass is 442 g/mol. The van der Waals surface area contributed by atoms with Crippen molar-refractivity contribution in [2.45, 2.75) is 39.5 Å². The molecule has 168 valence electrons. The van der Waals surface area contributed by atoms with E-state index in [-0.39, 0.29) is 11.9 Å². The zero-order valence-electron chi connectivity index (χ0n) is 18.9. The maximum absolute atomic E-state index is 13.1. The van der Waals surface area contributed by atoms with E-state index in [0.29, 0.717) is 28.8 Å². The Bertz CT molecular complexity index is 1270. The molecular formula is C26H26N4O3. The lowest BCUT2D eigenvalue weighted by Crippen LogP contribution is -2.35. The number of carbonyl (C=O) groups excluding carboxylic acids is 2. The van der Waals surface area contributed by atoms with Gasteiger partial charge in [0.25, 0.3) is 5.91 Å². The Kier molecular flexibility index (Phi) is 6.49. The quantitative estimate of drug-likeness (QED) is 0.425. The molecule has 2 aromatic carbocycles. The van der Waals surface area contributed by atoms with Gasteiger partial charge >= 0.3 is 5.97 Å². The summed E-state index contributed by atoms with van der Waals surface area (Å²) in [5, 5.41) is 7.81. The summed E-state index contributed by atoms with van der Waals surface area (Å²) in [5.74, 6) is -0.955. The molecular weight excluding hydrogens is 416 g/mol. The van der Waals surface area contributed by atoms with Crippen molar-refractivity contribution in [2.24, 2.45) is 0 Å². The van der Waals surface area contributed by atoms with E-state index in [1.807, 2.05) is 74.5 Å². The predicted molar refractivity (Wildman–Crippen MR) is 127 cm³/mol. The highest BCUT2D eigenvalue weighted by molar-refractivity contribution is 6.04. The summed E-state index contributed by atoms with van der Waals surface area (Å²) in [5.41, 5.74) is 3.40. The summed E-state index contributed by atoms with van der Waals surface area (Å²) >= 11 is 0. The minimum atomic E-state index is -0.954. The van der Waals surface area contributed by atoms with Crippen molar-refractivity contribution in [3.05, 3.63) is 84.1 Å². The molecule has 7 heteroatoms. The zero-order valence-corrected chi connectivity index (χ0v) is 18.9. The van der Waals surface area contributed by atoms with Crippen molar-refractivity contribution in [3.63, 3.8) is 0 Å². The van der Waals surface area contributed by atoms with Crippen LogP contribution in [0.4, 0.5) is 0 Å². The maximum Gasteiger partial charge on any atom is 0.339 e. The third kappa shape index (κ3) is 4.92. The summed E-state index contributed by atoms with van der Waals surface area (Å²) in [4.78, 5) is 30.4. The van der Waals surface area contributed by atoms with Gasteiger partial charge in [0, 0.05) is 18.2 Å². The molecule has 2 aromatic heterocycles. The fourth-order valence-electron chi connectivity index (χ4n) is 3.53. The molecule has 2 heterocycles. The second kappa shape index (κ2) is 9.65. The molecule has 1 N–H and O–H groups in total. The molecule has 33 heavy (non-hydrogen) atoms. The number of aromatic nitrogens is 3. The molecule has 1 amide bonds. The minimum absolute atomic E-state index is 0.0626. The molecule has 7 nitrogen and oxygen atoms in total. The number of nitrogens with one attached hydrogen (secondary N) is 1. The second-order valence-corrected chi connectivity index (χ2v) is 8.09. The van der Waals surface area contributed by atoms with E-state index < -0.39 is 12.1 Å². The van der Waals surface area contributed by atoms with Crippen LogP contribution in [0.3, 0.4) is 0 Å².